The summed E-state index contributed by atoms with van der Waals surface area (Å²) in [6.45, 7) is 4.64. The number of hydrogen-bond donors (Lipinski definition) is 1. The molecule has 0 aliphatic carbocycles. The van der Waals surface area contributed by atoms with Crippen LogP contribution in [0.1, 0.15) is 12.5 Å². The lowest BCUT2D eigenvalue weighted by molar-refractivity contribution is 0.786. The molecule has 0 fully saturated rings. The quantitative estimate of drug-likeness (QED) is 0.896. The average molecular weight is 253 g/mol. The molecule has 0 amide bonds. The fourth-order valence-electron chi connectivity index (χ4n) is 1.07. The van der Waals surface area contributed by atoms with Gasteiger partial charge in [0, 0.05) is 16.7 Å². The Balaban J connectivity index is 2.61. The minimum atomic E-state index is 0.0407. The van der Waals surface area contributed by atoms with E-state index in [0.29, 0.717) is 6.54 Å². The molecule has 0 aliphatic heterocycles. The number of nitrogens with zero attached hydrogens (tertiary/aromatic N) is 1. The van der Waals surface area contributed by atoms with Crippen molar-refractivity contribution >= 4 is 21.6 Å². The summed E-state index contributed by atoms with van der Waals surface area (Å²) in [6.07, 6.45) is 0. The van der Waals surface area contributed by atoms with Crippen molar-refractivity contribution in [3.63, 3.8) is 0 Å². The first kappa shape index (κ1) is 11.1. The highest BCUT2D eigenvalue weighted by Gasteiger charge is 2.00. The summed E-state index contributed by atoms with van der Waals surface area (Å²) in [7, 11) is 0. The van der Waals surface area contributed by atoms with Crippen LogP contribution in [0.2, 0.25) is 0 Å². The van der Waals surface area contributed by atoms with Gasteiger partial charge in [0.05, 0.1) is 12.0 Å². The molecule has 0 bridgehead atoms. The molecule has 0 aromatic heterocycles. The summed E-state index contributed by atoms with van der Waals surface area (Å²) in [5.74, 6) is 0.0407. The van der Waals surface area contributed by atoms with Gasteiger partial charge in [0.15, 0.2) is 0 Å². The van der Waals surface area contributed by atoms with Crippen LogP contribution in [0.4, 0.5) is 5.69 Å². The van der Waals surface area contributed by atoms with E-state index in [4.69, 9.17) is 5.26 Å². The van der Waals surface area contributed by atoms with Gasteiger partial charge in [-0.25, -0.2) is 0 Å². The lowest BCUT2D eigenvalue weighted by atomic mass is 10.2. The van der Waals surface area contributed by atoms with Crippen molar-refractivity contribution in [2.75, 3.05) is 11.9 Å². The van der Waals surface area contributed by atoms with E-state index in [-0.39, 0.29) is 5.92 Å². The second-order valence-electron chi connectivity index (χ2n) is 3.38. The van der Waals surface area contributed by atoms with Crippen molar-refractivity contribution in [3.8, 4) is 6.07 Å². The lowest BCUT2D eigenvalue weighted by Gasteiger charge is -2.08. The molecule has 0 spiro atoms. The van der Waals surface area contributed by atoms with Gasteiger partial charge in [-0.2, -0.15) is 5.26 Å². The highest BCUT2D eigenvalue weighted by Crippen LogP contribution is 2.19. The van der Waals surface area contributed by atoms with Crippen LogP contribution in [0, 0.1) is 24.2 Å². The monoisotopic (exact) mass is 252 g/mol. The Kier molecular flexibility index (Phi) is 3.97. The number of aryl methyl sites for hydroxylation is 1. The molecule has 2 nitrogen and oxygen atoms in total. The normalized spacial score (nSPS) is 11.9. The minimum Gasteiger partial charge on any atom is -0.384 e. The molecule has 0 radical (unpaired) electrons. The van der Waals surface area contributed by atoms with E-state index in [0.717, 1.165) is 10.2 Å². The van der Waals surface area contributed by atoms with Crippen molar-refractivity contribution < 1.29 is 0 Å². The van der Waals surface area contributed by atoms with Crippen molar-refractivity contribution in [3.05, 3.63) is 28.2 Å². The van der Waals surface area contributed by atoms with E-state index in [1.165, 1.54) is 5.56 Å². The molecule has 1 aromatic carbocycles. The Morgan fingerprint density at radius 2 is 2.29 bits per heavy atom. The van der Waals surface area contributed by atoms with Gasteiger partial charge in [-0.1, -0.05) is 15.9 Å². The first-order chi connectivity index (χ1) is 6.63. The molecule has 0 saturated carbocycles. The van der Waals surface area contributed by atoms with Crippen molar-refractivity contribution in [2.45, 2.75) is 13.8 Å². The number of halogens is 1. The van der Waals surface area contributed by atoms with Crippen LogP contribution in [0.25, 0.3) is 0 Å². The molecular formula is C11H13BrN2. The first-order valence-electron chi connectivity index (χ1n) is 4.53. The van der Waals surface area contributed by atoms with Gasteiger partial charge in [0.2, 0.25) is 0 Å². The van der Waals surface area contributed by atoms with Crippen LogP contribution < -0.4 is 5.32 Å². The maximum absolute atomic E-state index is 8.61. The predicted molar refractivity (Wildman–Crippen MR) is 62.1 cm³/mol. The molecule has 1 atom stereocenters. The SMILES string of the molecule is Cc1cc(NCC(C)C#N)ccc1Br. The summed E-state index contributed by atoms with van der Waals surface area (Å²) in [4.78, 5) is 0. The maximum Gasteiger partial charge on any atom is 0.0671 e. The van der Waals surface area contributed by atoms with Gasteiger partial charge in [0.25, 0.3) is 0 Å². The molecule has 0 saturated heterocycles. The van der Waals surface area contributed by atoms with Gasteiger partial charge < -0.3 is 5.32 Å². The van der Waals surface area contributed by atoms with Gasteiger partial charge in [0.1, 0.15) is 0 Å². The number of anilines is 1. The number of nitrogens with one attached hydrogen (secondary N) is 1. The summed E-state index contributed by atoms with van der Waals surface area (Å²) < 4.78 is 1.11. The zero-order valence-corrected chi connectivity index (χ0v) is 9.93. The number of rotatable bonds is 3. The number of nitriles is 1. The molecule has 1 rings (SSSR count). The van der Waals surface area contributed by atoms with Crippen molar-refractivity contribution in [2.24, 2.45) is 5.92 Å². The maximum atomic E-state index is 8.61. The molecule has 1 aromatic rings. The summed E-state index contributed by atoms with van der Waals surface area (Å²) in [5, 5.41) is 11.8. The number of benzene rings is 1. The molecule has 74 valence electrons. The third kappa shape index (κ3) is 3.04. The van der Waals surface area contributed by atoms with E-state index in [1.807, 2.05) is 26.0 Å². The summed E-state index contributed by atoms with van der Waals surface area (Å²) >= 11 is 3.44. The van der Waals surface area contributed by atoms with Gasteiger partial charge in [-0.05, 0) is 37.6 Å². The Labute approximate surface area is 93.1 Å². The van der Waals surface area contributed by atoms with Gasteiger partial charge >= 0.3 is 0 Å². The lowest BCUT2D eigenvalue weighted by Crippen LogP contribution is -2.09. The zero-order valence-electron chi connectivity index (χ0n) is 8.34. The molecule has 1 unspecified atom stereocenters. The fraction of sp³-hybridized carbons (Fsp3) is 0.364. The molecule has 14 heavy (non-hydrogen) atoms. The largest absolute Gasteiger partial charge is 0.384 e. The molecular weight excluding hydrogens is 240 g/mol. The molecule has 1 N–H and O–H groups in total. The van der Waals surface area contributed by atoms with Crippen LogP contribution in [0.3, 0.4) is 0 Å². The second-order valence-corrected chi connectivity index (χ2v) is 4.23. The van der Waals surface area contributed by atoms with E-state index in [9.17, 15) is 0 Å². The summed E-state index contributed by atoms with van der Waals surface area (Å²) in [6, 6.07) is 8.26. The Morgan fingerprint density at radius 1 is 1.57 bits per heavy atom. The summed E-state index contributed by atoms with van der Waals surface area (Å²) in [5.41, 5.74) is 2.26. The Bertz CT molecular complexity index is 355. The van der Waals surface area contributed by atoms with E-state index in [1.54, 1.807) is 0 Å². The topological polar surface area (TPSA) is 35.8 Å². The standard InChI is InChI=1S/C11H13BrN2/c1-8(6-13)7-14-10-3-4-11(12)9(2)5-10/h3-5,8,14H,7H2,1-2H3. The smallest absolute Gasteiger partial charge is 0.0671 e. The minimum absolute atomic E-state index is 0.0407. The van der Waals surface area contributed by atoms with E-state index in [2.05, 4.69) is 33.4 Å². The Hall–Kier alpha value is -1.01. The molecule has 3 heteroatoms. The zero-order chi connectivity index (χ0) is 10.6. The van der Waals surface area contributed by atoms with Crippen LogP contribution in [-0.2, 0) is 0 Å². The number of hydrogen-bond acceptors (Lipinski definition) is 2. The van der Waals surface area contributed by atoms with Crippen LogP contribution >= 0.6 is 15.9 Å². The highest BCUT2D eigenvalue weighted by atomic mass is 79.9. The van der Waals surface area contributed by atoms with Crippen LogP contribution in [0.5, 0.6) is 0 Å². The van der Waals surface area contributed by atoms with Crippen molar-refractivity contribution in [1.82, 2.24) is 0 Å². The highest BCUT2D eigenvalue weighted by molar-refractivity contribution is 9.10. The fourth-order valence-corrected chi connectivity index (χ4v) is 1.32. The predicted octanol–water partition coefficient (Wildman–Crippen LogP) is 3.33. The molecule has 0 heterocycles. The molecule has 0 aliphatic rings. The average Bonchev–Trinajstić information content (AvgIpc) is 2.19. The van der Waals surface area contributed by atoms with Crippen LogP contribution in [0.15, 0.2) is 22.7 Å². The van der Waals surface area contributed by atoms with E-state index < -0.39 is 0 Å². The van der Waals surface area contributed by atoms with Crippen molar-refractivity contribution in [1.29, 1.82) is 5.26 Å². The Morgan fingerprint density at radius 3 is 2.86 bits per heavy atom. The third-order valence-corrected chi connectivity index (χ3v) is 2.88. The second kappa shape index (κ2) is 5.02. The van der Waals surface area contributed by atoms with E-state index >= 15 is 0 Å². The first-order valence-corrected chi connectivity index (χ1v) is 5.32. The third-order valence-electron chi connectivity index (χ3n) is 1.99. The van der Waals surface area contributed by atoms with Gasteiger partial charge in [-0.15, -0.1) is 0 Å². The van der Waals surface area contributed by atoms with Gasteiger partial charge in [-0.3, -0.25) is 0 Å². The van der Waals surface area contributed by atoms with Crippen LogP contribution in [-0.4, -0.2) is 6.54 Å².